The van der Waals surface area contributed by atoms with E-state index < -0.39 is 16.0 Å². The third-order valence-electron chi connectivity index (χ3n) is 4.98. The van der Waals surface area contributed by atoms with Gasteiger partial charge >= 0.3 is 5.97 Å². The number of amides is 1. The summed E-state index contributed by atoms with van der Waals surface area (Å²) in [5.74, 6) is -1.34. The zero-order valence-corrected chi connectivity index (χ0v) is 14.9. The van der Waals surface area contributed by atoms with Gasteiger partial charge in [-0.25, -0.2) is 13.2 Å². The summed E-state index contributed by atoms with van der Waals surface area (Å²) in [6, 6.07) is 5.96. The molecule has 1 aromatic rings. The quantitative estimate of drug-likeness (QED) is 0.850. The lowest BCUT2D eigenvalue weighted by Gasteiger charge is -2.32. The molecule has 3 rings (SSSR count). The van der Waals surface area contributed by atoms with Crippen LogP contribution in [-0.2, 0) is 14.8 Å². The van der Waals surface area contributed by atoms with Crippen molar-refractivity contribution in [3.8, 4) is 0 Å². The van der Waals surface area contributed by atoms with E-state index >= 15 is 0 Å². The molecule has 0 atom stereocenters. The average molecular weight is 366 g/mol. The third-order valence-corrected chi connectivity index (χ3v) is 6.94. The van der Waals surface area contributed by atoms with Gasteiger partial charge in [-0.2, -0.15) is 4.31 Å². The maximum absolute atomic E-state index is 12.8. The van der Waals surface area contributed by atoms with Crippen molar-refractivity contribution in [2.24, 2.45) is 5.92 Å². The Kier molecular flexibility index (Phi) is 4.83. The lowest BCUT2D eigenvalue weighted by Crippen LogP contribution is -2.44. The minimum Gasteiger partial charge on any atom is -0.478 e. The van der Waals surface area contributed by atoms with Crippen LogP contribution in [0, 0.1) is 5.92 Å². The Morgan fingerprint density at radius 1 is 1.12 bits per heavy atom. The molecule has 0 unspecified atom stereocenters. The van der Waals surface area contributed by atoms with E-state index in [0.29, 0.717) is 18.9 Å². The van der Waals surface area contributed by atoms with Gasteiger partial charge in [-0.3, -0.25) is 4.79 Å². The van der Waals surface area contributed by atoms with Crippen molar-refractivity contribution in [3.05, 3.63) is 29.8 Å². The number of carbonyl (C=O) groups is 2. The molecule has 0 bridgehead atoms. The summed E-state index contributed by atoms with van der Waals surface area (Å²) in [6.07, 6.45) is 3.01. The number of benzene rings is 1. The highest BCUT2D eigenvalue weighted by Crippen LogP contribution is 2.30. The number of carboxylic acids is 1. The molecule has 0 spiro atoms. The Labute approximate surface area is 147 Å². The van der Waals surface area contributed by atoms with E-state index in [1.807, 2.05) is 7.05 Å². The summed E-state index contributed by atoms with van der Waals surface area (Å²) < 4.78 is 26.9. The molecule has 1 N–H and O–H groups in total. The molecule has 25 heavy (non-hydrogen) atoms. The maximum atomic E-state index is 12.8. The first-order chi connectivity index (χ1) is 11.8. The van der Waals surface area contributed by atoms with E-state index in [9.17, 15) is 23.1 Å². The van der Waals surface area contributed by atoms with Gasteiger partial charge < -0.3 is 10.0 Å². The van der Waals surface area contributed by atoms with Crippen LogP contribution in [-0.4, -0.2) is 60.8 Å². The first kappa shape index (κ1) is 17.9. The molecule has 7 nitrogen and oxygen atoms in total. The Hall–Kier alpha value is -1.93. The smallest absolute Gasteiger partial charge is 0.337 e. The Bertz CT molecular complexity index is 780. The minimum absolute atomic E-state index is 0.0884. The fourth-order valence-corrected chi connectivity index (χ4v) is 4.93. The second-order valence-corrected chi connectivity index (χ2v) is 8.57. The standard InChI is InChI=1S/C17H22N2O5S/c1-18(13-6-7-13)16(20)12-8-10-19(11-9-12)25(23,24)15-5-3-2-4-14(15)17(21)22/h2-5,12-13H,6-11H2,1H3,(H,21,22). The summed E-state index contributed by atoms with van der Waals surface area (Å²) in [6.45, 7) is 0.455. The van der Waals surface area contributed by atoms with E-state index in [-0.39, 0.29) is 35.4 Å². The summed E-state index contributed by atoms with van der Waals surface area (Å²) in [7, 11) is -2.07. The monoisotopic (exact) mass is 366 g/mol. The van der Waals surface area contributed by atoms with Gasteiger partial charge in [0.1, 0.15) is 0 Å². The van der Waals surface area contributed by atoms with Crippen molar-refractivity contribution >= 4 is 21.9 Å². The Morgan fingerprint density at radius 2 is 1.72 bits per heavy atom. The molecule has 1 heterocycles. The van der Waals surface area contributed by atoms with E-state index in [2.05, 4.69) is 0 Å². The second-order valence-electron chi connectivity index (χ2n) is 6.66. The molecule has 0 radical (unpaired) electrons. The van der Waals surface area contributed by atoms with E-state index in [0.717, 1.165) is 12.8 Å². The normalized spacial score (nSPS) is 19.6. The van der Waals surface area contributed by atoms with Gasteiger partial charge in [0.2, 0.25) is 15.9 Å². The van der Waals surface area contributed by atoms with Gasteiger partial charge in [-0.15, -0.1) is 0 Å². The number of sulfonamides is 1. The molecule has 1 aromatic carbocycles. The highest BCUT2D eigenvalue weighted by atomic mass is 32.2. The molecule has 1 saturated carbocycles. The number of aromatic carboxylic acids is 1. The van der Waals surface area contributed by atoms with Gasteiger partial charge in [0.25, 0.3) is 0 Å². The summed E-state index contributed by atoms with van der Waals surface area (Å²) in [5.41, 5.74) is -0.228. The minimum atomic E-state index is -3.88. The molecule has 1 amide bonds. The predicted molar refractivity (Wildman–Crippen MR) is 90.7 cm³/mol. The van der Waals surface area contributed by atoms with Crippen molar-refractivity contribution in [1.29, 1.82) is 0 Å². The lowest BCUT2D eigenvalue weighted by molar-refractivity contribution is -0.135. The molecule has 8 heteroatoms. The number of nitrogens with zero attached hydrogens (tertiary/aromatic N) is 2. The third kappa shape index (κ3) is 3.55. The fraction of sp³-hybridized carbons (Fsp3) is 0.529. The molecule has 136 valence electrons. The average Bonchev–Trinajstić information content (AvgIpc) is 3.45. The zero-order chi connectivity index (χ0) is 18.2. The van der Waals surface area contributed by atoms with Crippen LogP contribution >= 0.6 is 0 Å². The van der Waals surface area contributed by atoms with Crippen molar-refractivity contribution in [3.63, 3.8) is 0 Å². The zero-order valence-electron chi connectivity index (χ0n) is 14.1. The first-order valence-electron chi connectivity index (χ1n) is 8.41. The molecule has 1 aliphatic carbocycles. The highest BCUT2D eigenvalue weighted by Gasteiger charge is 2.37. The summed E-state index contributed by atoms with van der Waals surface area (Å²) >= 11 is 0. The number of carbonyl (C=O) groups excluding carboxylic acids is 1. The van der Waals surface area contributed by atoms with Gasteiger partial charge in [0.15, 0.2) is 0 Å². The van der Waals surface area contributed by atoms with Gasteiger partial charge in [-0.05, 0) is 37.8 Å². The van der Waals surface area contributed by atoms with Crippen LogP contribution in [0.5, 0.6) is 0 Å². The van der Waals surface area contributed by atoms with Crippen LogP contribution in [0.15, 0.2) is 29.2 Å². The molecule has 1 saturated heterocycles. The molecule has 2 fully saturated rings. The predicted octanol–water partition coefficient (Wildman–Crippen LogP) is 1.41. The highest BCUT2D eigenvalue weighted by molar-refractivity contribution is 7.89. The number of carboxylic acid groups (broad SMARTS) is 1. The molecule has 1 aliphatic heterocycles. The van der Waals surface area contributed by atoms with E-state index in [4.69, 9.17) is 0 Å². The van der Waals surface area contributed by atoms with E-state index in [1.54, 1.807) is 4.90 Å². The van der Waals surface area contributed by atoms with Crippen LogP contribution in [0.4, 0.5) is 0 Å². The molecular formula is C17H22N2O5S. The first-order valence-corrected chi connectivity index (χ1v) is 9.85. The maximum Gasteiger partial charge on any atom is 0.337 e. The number of piperidine rings is 1. The Morgan fingerprint density at radius 3 is 2.28 bits per heavy atom. The Balaban J connectivity index is 1.72. The summed E-state index contributed by atoms with van der Waals surface area (Å²) in [4.78, 5) is 25.3. The van der Waals surface area contributed by atoms with Crippen LogP contribution in [0.3, 0.4) is 0 Å². The number of rotatable bonds is 5. The largest absolute Gasteiger partial charge is 0.478 e. The number of hydrogen-bond donors (Lipinski definition) is 1. The van der Waals surface area contributed by atoms with Crippen molar-refractivity contribution < 1.29 is 23.1 Å². The lowest BCUT2D eigenvalue weighted by atomic mass is 9.96. The second kappa shape index (κ2) is 6.76. The van der Waals surface area contributed by atoms with Gasteiger partial charge in [0.05, 0.1) is 10.5 Å². The van der Waals surface area contributed by atoms with Crippen LogP contribution in [0.25, 0.3) is 0 Å². The molecule has 2 aliphatic rings. The topological polar surface area (TPSA) is 95.0 Å². The van der Waals surface area contributed by atoms with Crippen LogP contribution in [0.1, 0.15) is 36.0 Å². The van der Waals surface area contributed by atoms with Crippen molar-refractivity contribution in [2.75, 3.05) is 20.1 Å². The summed E-state index contributed by atoms with van der Waals surface area (Å²) in [5, 5.41) is 9.23. The SMILES string of the molecule is CN(C(=O)C1CCN(S(=O)(=O)c2ccccc2C(=O)O)CC1)C1CC1. The molecule has 0 aromatic heterocycles. The van der Waals surface area contributed by atoms with Crippen LogP contribution < -0.4 is 0 Å². The van der Waals surface area contributed by atoms with Crippen molar-refractivity contribution in [2.45, 2.75) is 36.6 Å². The van der Waals surface area contributed by atoms with Crippen molar-refractivity contribution in [1.82, 2.24) is 9.21 Å². The fourth-order valence-electron chi connectivity index (χ4n) is 3.28. The molecular weight excluding hydrogens is 344 g/mol. The van der Waals surface area contributed by atoms with Crippen LogP contribution in [0.2, 0.25) is 0 Å². The van der Waals surface area contributed by atoms with E-state index in [1.165, 1.54) is 28.6 Å². The van der Waals surface area contributed by atoms with Gasteiger partial charge in [0, 0.05) is 32.1 Å². The number of hydrogen-bond acceptors (Lipinski definition) is 4. The van der Waals surface area contributed by atoms with Gasteiger partial charge in [-0.1, -0.05) is 12.1 Å².